The van der Waals surface area contributed by atoms with Crippen LogP contribution in [0.5, 0.6) is 0 Å². The summed E-state index contributed by atoms with van der Waals surface area (Å²) in [6.07, 6.45) is 5.79. The lowest BCUT2D eigenvalue weighted by Crippen LogP contribution is -2.55. The summed E-state index contributed by atoms with van der Waals surface area (Å²) in [6, 6.07) is 8.66. The number of aliphatic hydroxyl groups is 1. The molecule has 0 bridgehead atoms. The van der Waals surface area contributed by atoms with Crippen molar-refractivity contribution in [1.82, 2.24) is 4.90 Å². The smallest absolute Gasteiger partial charge is 0.0731 e. The fourth-order valence-electron chi connectivity index (χ4n) is 4.35. The average molecular weight is 288 g/mol. The van der Waals surface area contributed by atoms with Crippen LogP contribution < -0.4 is 5.73 Å². The molecule has 116 valence electrons. The van der Waals surface area contributed by atoms with Crippen molar-refractivity contribution in [2.24, 2.45) is 11.1 Å². The minimum Gasteiger partial charge on any atom is -0.389 e. The summed E-state index contributed by atoms with van der Waals surface area (Å²) in [7, 11) is 2.15. The van der Waals surface area contributed by atoms with Gasteiger partial charge in [-0.15, -0.1) is 0 Å². The predicted molar refractivity (Wildman–Crippen MR) is 86.3 cm³/mol. The van der Waals surface area contributed by atoms with E-state index in [2.05, 4.69) is 36.2 Å². The molecule has 1 fully saturated rings. The molecule has 1 aromatic carbocycles. The lowest BCUT2D eigenvalue weighted by Gasteiger charge is -2.49. The maximum atomic E-state index is 11.5. The van der Waals surface area contributed by atoms with E-state index in [1.54, 1.807) is 0 Å². The van der Waals surface area contributed by atoms with E-state index in [1.807, 2.05) is 0 Å². The number of rotatable bonds is 2. The number of aryl methyl sites for hydroxylation is 1. The highest BCUT2D eigenvalue weighted by molar-refractivity contribution is 5.32. The summed E-state index contributed by atoms with van der Waals surface area (Å²) >= 11 is 0. The van der Waals surface area contributed by atoms with E-state index in [4.69, 9.17) is 5.73 Å². The van der Waals surface area contributed by atoms with Crippen LogP contribution in [0.3, 0.4) is 0 Å². The normalized spacial score (nSPS) is 34.2. The number of hydrogen-bond acceptors (Lipinski definition) is 3. The zero-order valence-corrected chi connectivity index (χ0v) is 13.1. The molecule has 0 amide bonds. The molecule has 1 aromatic rings. The molecule has 3 N–H and O–H groups in total. The number of nitrogens with two attached hydrogens (primary N) is 1. The van der Waals surface area contributed by atoms with E-state index in [1.165, 1.54) is 11.1 Å². The number of likely N-dealkylation sites (tertiary alicyclic amines) is 1. The third-order valence-corrected chi connectivity index (χ3v) is 5.94. The van der Waals surface area contributed by atoms with Gasteiger partial charge >= 0.3 is 0 Å². The molecule has 1 saturated heterocycles. The molecule has 1 aliphatic carbocycles. The van der Waals surface area contributed by atoms with Gasteiger partial charge < -0.3 is 15.7 Å². The van der Waals surface area contributed by atoms with Crippen molar-refractivity contribution in [2.45, 2.75) is 44.1 Å². The van der Waals surface area contributed by atoms with Crippen LogP contribution in [0.1, 0.15) is 36.8 Å². The van der Waals surface area contributed by atoms with Gasteiger partial charge in [0.25, 0.3) is 0 Å². The first kappa shape index (κ1) is 15.0. The number of nitrogens with zero attached hydrogens (tertiary/aromatic N) is 1. The van der Waals surface area contributed by atoms with E-state index in [9.17, 15) is 5.11 Å². The third kappa shape index (κ3) is 2.63. The van der Waals surface area contributed by atoms with Gasteiger partial charge in [0.15, 0.2) is 0 Å². The topological polar surface area (TPSA) is 49.5 Å². The molecule has 0 aromatic heterocycles. The second-order valence-corrected chi connectivity index (χ2v) is 7.12. The van der Waals surface area contributed by atoms with Crippen molar-refractivity contribution in [3.63, 3.8) is 0 Å². The van der Waals surface area contributed by atoms with E-state index in [-0.39, 0.29) is 5.41 Å². The lowest BCUT2D eigenvalue weighted by molar-refractivity contribution is -0.0979. The summed E-state index contributed by atoms with van der Waals surface area (Å²) < 4.78 is 0. The fourth-order valence-corrected chi connectivity index (χ4v) is 4.35. The van der Waals surface area contributed by atoms with Crippen molar-refractivity contribution in [2.75, 3.05) is 26.7 Å². The number of fused-ring (bicyclic) bond motifs is 1. The van der Waals surface area contributed by atoms with Crippen molar-refractivity contribution >= 4 is 0 Å². The molecule has 1 heterocycles. The number of hydrogen-bond donors (Lipinski definition) is 2. The number of benzene rings is 1. The summed E-state index contributed by atoms with van der Waals surface area (Å²) in [4.78, 5) is 2.33. The SMILES string of the molecule is CN1CCCC(O)(C2(CN)CCc3ccccc3C2)CC1. The Balaban J connectivity index is 1.90. The first-order chi connectivity index (χ1) is 10.1. The highest BCUT2D eigenvalue weighted by Gasteiger charge is 2.50. The van der Waals surface area contributed by atoms with Gasteiger partial charge in [0.05, 0.1) is 5.60 Å². The molecule has 21 heavy (non-hydrogen) atoms. The van der Waals surface area contributed by atoms with Crippen LogP contribution in [0.25, 0.3) is 0 Å². The molecule has 2 unspecified atom stereocenters. The van der Waals surface area contributed by atoms with Gasteiger partial charge in [-0.1, -0.05) is 24.3 Å². The first-order valence-corrected chi connectivity index (χ1v) is 8.26. The Morgan fingerprint density at radius 2 is 1.90 bits per heavy atom. The van der Waals surface area contributed by atoms with E-state index < -0.39 is 5.60 Å². The highest BCUT2D eigenvalue weighted by atomic mass is 16.3. The van der Waals surface area contributed by atoms with Gasteiger partial charge in [-0.05, 0) is 63.2 Å². The summed E-state index contributed by atoms with van der Waals surface area (Å²) in [6.45, 7) is 2.64. The van der Waals surface area contributed by atoms with Crippen LogP contribution in [0.4, 0.5) is 0 Å². The predicted octanol–water partition coefficient (Wildman–Crippen LogP) is 1.97. The standard InChI is InChI=1S/C18H28N2O/c1-20-11-4-8-18(21,10-12-20)17(14-19)9-7-15-5-2-3-6-16(15)13-17/h2-3,5-6,21H,4,7-14,19H2,1H3. The van der Waals surface area contributed by atoms with Crippen molar-refractivity contribution in [3.05, 3.63) is 35.4 Å². The van der Waals surface area contributed by atoms with E-state index in [0.717, 1.165) is 51.6 Å². The Morgan fingerprint density at radius 1 is 1.14 bits per heavy atom. The molecule has 1 aliphatic heterocycles. The Hall–Kier alpha value is -0.900. The Labute approximate surface area is 128 Å². The fraction of sp³-hybridized carbons (Fsp3) is 0.667. The van der Waals surface area contributed by atoms with E-state index >= 15 is 0 Å². The summed E-state index contributed by atoms with van der Waals surface area (Å²) in [5.74, 6) is 0. The second-order valence-electron chi connectivity index (χ2n) is 7.12. The molecule has 3 nitrogen and oxygen atoms in total. The van der Waals surface area contributed by atoms with Crippen molar-refractivity contribution in [1.29, 1.82) is 0 Å². The minimum atomic E-state index is -0.611. The summed E-state index contributed by atoms with van der Waals surface area (Å²) in [5.41, 5.74) is 8.30. The van der Waals surface area contributed by atoms with Gasteiger partial charge in [-0.3, -0.25) is 0 Å². The molecule has 0 radical (unpaired) electrons. The van der Waals surface area contributed by atoms with Crippen LogP contribution in [-0.2, 0) is 12.8 Å². The monoisotopic (exact) mass is 288 g/mol. The molecule has 2 aliphatic rings. The zero-order valence-electron chi connectivity index (χ0n) is 13.1. The van der Waals surface area contributed by atoms with Crippen LogP contribution in [0, 0.1) is 5.41 Å². The molecular formula is C18H28N2O. The minimum absolute atomic E-state index is 0.146. The Kier molecular flexibility index (Phi) is 4.08. The van der Waals surface area contributed by atoms with Gasteiger partial charge in [0, 0.05) is 18.5 Å². The largest absolute Gasteiger partial charge is 0.389 e. The molecular weight excluding hydrogens is 260 g/mol. The van der Waals surface area contributed by atoms with Crippen LogP contribution >= 0.6 is 0 Å². The van der Waals surface area contributed by atoms with Gasteiger partial charge in [-0.2, -0.15) is 0 Å². The molecule has 0 saturated carbocycles. The van der Waals surface area contributed by atoms with Crippen molar-refractivity contribution < 1.29 is 5.11 Å². The highest BCUT2D eigenvalue weighted by Crippen LogP contribution is 2.47. The van der Waals surface area contributed by atoms with Gasteiger partial charge in [0.2, 0.25) is 0 Å². The van der Waals surface area contributed by atoms with Gasteiger partial charge in [-0.25, -0.2) is 0 Å². The maximum Gasteiger partial charge on any atom is 0.0731 e. The lowest BCUT2D eigenvalue weighted by atomic mass is 9.59. The second kappa shape index (κ2) is 5.71. The first-order valence-electron chi connectivity index (χ1n) is 8.26. The summed E-state index contributed by atoms with van der Waals surface area (Å²) in [5, 5.41) is 11.5. The maximum absolute atomic E-state index is 11.5. The molecule has 0 spiro atoms. The quantitative estimate of drug-likeness (QED) is 0.875. The molecule has 2 atom stereocenters. The molecule has 3 rings (SSSR count). The Bertz CT molecular complexity index is 504. The van der Waals surface area contributed by atoms with E-state index in [0.29, 0.717) is 6.54 Å². The van der Waals surface area contributed by atoms with Crippen LogP contribution in [0.15, 0.2) is 24.3 Å². The van der Waals surface area contributed by atoms with Crippen LogP contribution in [0.2, 0.25) is 0 Å². The zero-order chi connectivity index (χ0) is 14.9. The average Bonchev–Trinajstić information content (AvgIpc) is 2.69. The van der Waals surface area contributed by atoms with Crippen LogP contribution in [-0.4, -0.2) is 42.3 Å². The van der Waals surface area contributed by atoms with Gasteiger partial charge in [0.1, 0.15) is 0 Å². The van der Waals surface area contributed by atoms with Crippen molar-refractivity contribution in [3.8, 4) is 0 Å². The third-order valence-electron chi connectivity index (χ3n) is 5.94. The molecule has 3 heteroatoms. The Morgan fingerprint density at radius 3 is 2.67 bits per heavy atom.